The van der Waals surface area contributed by atoms with Crippen molar-refractivity contribution in [1.29, 1.82) is 0 Å². The Kier molecular flexibility index (Phi) is 5.41. The lowest BCUT2D eigenvalue weighted by Gasteiger charge is -2.36. The van der Waals surface area contributed by atoms with Gasteiger partial charge in [0.2, 0.25) is 11.8 Å². The normalized spacial score (nSPS) is 19.1. The van der Waals surface area contributed by atoms with Gasteiger partial charge in [-0.15, -0.1) is 11.8 Å². The Balaban J connectivity index is 1.29. The number of benzene rings is 2. The van der Waals surface area contributed by atoms with Crippen molar-refractivity contribution in [3.63, 3.8) is 0 Å². The second-order valence-electron chi connectivity index (χ2n) is 6.93. The SMILES string of the molecule is O=C(Cc1ccc(Cl)cc1)N1CCN(C(=O)C2Cc3ccccc3S2)CC1. The van der Waals surface area contributed by atoms with Gasteiger partial charge in [0, 0.05) is 36.1 Å². The van der Waals surface area contributed by atoms with Crippen molar-refractivity contribution in [3.8, 4) is 0 Å². The summed E-state index contributed by atoms with van der Waals surface area (Å²) in [6, 6.07) is 15.6. The van der Waals surface area contributed by atoms with Crippen LogP contribution < -0.4 is 0 Å². The molecule has 0 aromatic heterocycles. The molecule has 1 atom stereocenters. The summed E-state index contributed by atoms with van der Waals surface area (Å²) in [7, 11) is 0. The van der Waals surface area contributed by atoms with Crippen LogP contribution in [0.15, 0.2) is 53.4 Å². The van der Waals surface area contributed by atoms with Gasteiger partial charge in [-0.2, -0.15) is 0 Å². The fourth-order valence-corrected chi connectivity index (χ4v) is 4.99. The summed E-state index contributed by atoms with van der Waals surface area (Å²) in [5.74, 6) is 0.299. The van der Waals surface area contributed by atoms with E-state index in [-0.39, 0.29) is 17.1 Å². The first-order valence-corrected chi connectivity index (χ1v) is 10.4. The molecule has 27 heavy (non-hydrogen) atoms. The molecule has 1 unspecified atom stereocenters. The summed E-state index contributed by atoms with van der Waals surface area (Å²) in [6.45, 7) is 2.42. The number of hydrogen-bond acceptors (Lipinski definition) is 3. The van der Waals surface area contributed by atoms with Gasteiger partial charge in [-0.1, -0.05) is 41.9 Å². The zero-order valence-electron chi connectivity index (χ0n) is 14.9. The molecule has 0 saturated carbocycles. The zero-order valence-corrected chi connectivity index (χ0v) is 16.5. The molecule has 6 heteroatoms. The number of carbonyl (C=O) groups excluding carboxylic acids is 2. The molecule has 2 aromatic carbocycles. The first-order valence-electron chi connectivity index (χ1n) is 9.16. The number of carbonyl (C=O) groups is 2. The fourth-order valence-electron chi connectivity index (χ4n) is 3.59. The van der Waals surface area contributed by atoms with Crippen LogP contribution in [0.2, 0.25) is 5.02 Å². The van der Waals surface area contributed by atoms with Crippen LogP contribution in [0.3, 0.4) is 0 Å². The van der Waals surface area contributed by atoms with Gasteiger partial charge in [0.15, 0.2) is 0 Å². The van der Waals surface area contributed by atoms with Crippen LogP contribution in [0.1, 0.15) is 11.1 Å². The maximum atomic E-state index is 12.9. The van der Waals surface area contributed by atoms with Crippen molar-refractivity contribution in [1.82, 2.24) is 9.80 Å². The van der Waals surface area contributed by atoms with Crippen molar-refractivity contribution < 1.29 is 9.59 Å². The van der Waals surface area contributed by atoms with E-state index in [1.165, 1.54) is 10.5 Å². The molecule has 1 saturated heterocycles. The monoisotopic (exact) mass is 400 g/mol. The van der Waals surface area contributed by atoms with Crippen molar-refractivity contribution in [2.75, 3.05) is 26.2 Å². The Morgan fingerprint density at radius 2 is 1.63 bits per heavy atom. The molecule has 2 aliphatic rings. The summed E-state index contributed by atoms with van der Waals surface area (Å²) in [5.41, 5.74) is 2.22. The largest absolute Gasteiger partial charge is 0.339 e. The summed E-state index contributed by atoms with van der Waals surface area (Å²) in [4.78, 5) is 30.4. The lowest BCUT2D eigenvalue weighted by molar-refractivity contribution is -0.138. The number of amides is 2. The van der Waals surface area contributed by atoms with E-state index in [1.807, 2.05) is 34.1 Å². The van der Waals surface area contributed by atoms with Crippen LogP contribution in [0.5, 0.6) is 0 Å². The van der Waals surface area contributed by atoms with Crippen LogP contribution >= 0.6 is 23.4 Å². The average molecular weight is 401 g/mol. The van der Waals surface area contributed by atoms with Crippen molar-refractivity contribution in [2.24, 2.45) is 0 Å². The van der Waals surface area contributed by atoms with Crippen LogP contribution in [0.25, 0.3) is 0 Å². The van der Waals surface area contributed by atoms with E-state index in [1.54, 1.807) is 23.9 Å². The van der Waals surface area contributed by atoms with E-state index in [9.17, 15) is 9.59 Å². The van der Waals surface area contributed by atoms with Gasteiger partial charge in [0.1, 0.15) is 0 Å². The molecule has 2 aliphatic heterocycles. The Labute approximate surface area is 168 Å². The molecule has 2 aromatic rings. The third kappa shape index (κ3) is 4.14. The van der Waals surface area contributed by atoms with Crippen molar-refractivity contribution in [3.05, 3.63) is 64.7 Å². The Hall–Kier alpha value is -1.98. The number of rotatable bonds is 3. The van der Waals surface area contributed by atoms with Crippen LogP contribution in [-0.2, 0) is 22.4 Å². The Morgan fingerprint density at radius 1 is 0.963 bits per heavy atom. The quantitative estimate of drug-likeness (QED) is 0.793. The van der Waals surface area contributed by atoms with Crippen molar-refractivity contribution in [2.45, 2.75) is 23.0 Å². The summed E-state index contributed by atoms with van der Waals surface area (Å²) in [5, 5.41) is 0.643. The lowest BCUT2D eigenvalue weighted by Crippen LogP contribution is -2.52. The summed E-state index contributed by atoms with van der Waals surface area (Å²) in [6.07, 6.45) is 1.17. The highest BCUT2D eigenvalue weighted by Gasteiger charge is 2.33. The molecule has 4 rings (SSSR count). The first-order chi connectivity index (χ1) is 13.1. The fraction of sp³-hybridized carbons (Fsp3) is 0.333. The minimum Gasteiger partial charge on any atom is -0.339 e. The number of halogens is 1. The molecule has 0 N–H and O–H groups in total. The molecule has 1 fully saturated rings. The van der Waals surface area contributed by atoms with Gasteiger partial charge in [0.25, 0.3) is 0 Å². The predicted octanol–water partition coefficient (Wildman–Crippen LogP) is 3.27. The Bertz CT molecular complexity index is 823. The number of thioether (sulfide) groups is 1. The van der Waals surface area contributed by atoms with Gasteiger partial charge >= 0.3 is 0 Å². The summed E-state index contributed by atoms with van der Waals surface area (Å²) >= 11 is 7.56. The third-order valence-electron chi connectivity index (χ3n) is 5.14. The predicted molar refractivity (Wildman–Crippen MR) is 108 cm³/mol. The van der Waals surface area contributed by atoms with Crippen molar-refractivity contribution >= 4 is 35.2 Å². The number of piperazine rings is 1. The van der Waals surface area contributed by atoms with Gasteiger partial charge in [-0.05, 0) is 35.7 Å². The number of hydrogen-bond donors (Lipinski definition) is 0. The maximum Gasteiger partial charge on any atom is 0.236 e. The number of fused-ring (bicyclic) bond motifs is 1. The lowest BCUT2D eigenvalue weighted by atomic mass is 10.1. The molecule has 0 spiro atoms. The maximum absolute atomic E-state index is 12.9. The molecule has 0 radical (unpaired) electrons. The summed E-state index contributed by atoms with van der Waals surface area (Å²) < 4.78 is 0. The topological polar surface area (TPSA) is 40.6 Å². The second-order valence-corrected chi connectivity index (χ2v) is 8.61. The van der Waals surface area contributed by atoms with Crippen LogP contribution in [-0.4, -0.2) is 53.0 Å². The van der Waals surface area contributed by atoms with Gasteiger partial charge < -0.3 is 9.80 Å². The molecule has 0 bridgehead atoms. The molecule has 4 nitrogen and oxygen atoms in total. The van der Waals surface area contributed by atoms with E-state index in [4.69, 9.17) is 11.6 Å². The van der Waals surface area contributed by atoms with Crippen LogP contribution in [0, 0.1) is 0 Å². The van der Waals surface area contributed by atoms with Crippen LogP contribution in [0.4, 0.5) is 0 Å². The van der Waals surface area contributed by atoms with E-state index in [2.05, 4.69) is 12.1 Å². The minimum absolute atomic E-state index is 0.0290. The zero-order chi connectivity index (χ0) is 18.8. The van der Waals surface area contributed by atoms with E-state index in [0.29, 0.717) is 37.6 Å². The minimum atomic E-state index is -0.0290. The highest BCUT2D eigenvalue weighted by Crippen LogP contribution is 2.37. The molecular formula is C21H21ClN2O2S. The van der Waals surface area contributed by atoms with Gasteiger partial charge in [-0.3, -0.25) is 9.59 Å². The first kappa shape index (κ1) is 18.4. The smallest absolute Gasteiger partial charge is 0.236 e. The van der Waals surface area contributed by atoms with E-state index in [0.717, 1.165) is 12.0 Å². The Morgan fingerprint density at radius 3 is 2.33 bits per heavy atom. The number of nitrogens with zero attached hydrogens (tertiary/aromatic N) is 2. The molecule has 2 amide bonds. The molecule has 140 valence electrons. The van der Waals surface area contributed by atoms with Gasteiger partial charge in [0.05, 0.1) is 11.7 Å². The molecule has 0 aliphatic carbocycles. The molecular weight excluding hydrogens is 380 g/mol. The highest BCUT2D eigenvalue weighted by atomic mass is 35.5. The van der Waals surface area contributed by atoms with E-state index >= 15 is 0 Å². The second kappa shape index (κ2) is 7.95. The molecule has 2 heterocycles. The van der Waals surface area contributed by atoms with Gasteiger partial charge in [-0.25, -0.2) is 0 Å². The standard InChI is InChI=1S/C21H21ClN2O2S/c22-17-7-5-15(6-8-17)13-20(25)23-9-11-24(12-10-23)21(26)19-14-16-3-1-2-4-18(16)27-19/h1-8,19H,9-14H2. The van der Waals surface area contributed by atoms with E-state index < -0.39 is 0 Å². The highest BCUT2D eigenvalue weighted by molar-refractivity contribution is 8.01. The third-order valence-corrected chi connectivity index (χ3v) is 6.69. The average Bonchev–Trinajstić information content (AvgIpc) is 3.13.